The molecular weight excluding hydrogens is 243 g/mol. The SMILES string of the molecule is N#CCCOc1ccc(C(F)(F)F)cc1Cl. The monoisotopic (exact) mass is 249 g/mol. The van der Waals surface area contributed by atoms with Gasteiger partial charge in [0.2, 0.25) is 0 Å². The van der Waals surface area contributed by atoms with Crippen LogP contribution < -0.4 is 4.74 Å². The molecule has 0 radical (unpaired) electrons. The number of rotatable bonds is 3. The molecule has 16 heavy (non-hydrogen) atoms. The molecule has 0 saturated heterocycles. The van der Waals surface area contributed by atoms with Crippen molar-refractivity contribution in [2.45, 2.75) is 12.6 Å². The zero-order chi connectivity index (χ0) is 12.2. The van der Waals surface area contributed by atoms with Gasteiger partial charge in [0.05, 0.1) is 23.1 Å². The van der Waals surface area contributed by atoms with Gasteiger partial charge in [-0.1, -0.05) is 11.6 Å². The standard InChI is InChI=1S/C10H7ClF3NO/c11-8-6-7(10(12,13)14)2-3-9(8)16-5-1-4-15/h2-3,6H,1,5H2. The van der Waals surface area contributed by atoms with Crippen LogP contribution in [0.5, 0.6) is 5.75 Å². The molecule has 1 rings (SSSR count). The Bertz CT molecular complexity index is 412. The van der Waals surface area contributed by atoms with Gasteiger partial charge in [-0.05, 0) is 18.2 Å². The lowest BCUT2D eigenvalue weighted by atomic mass is 10.2. The van der Waals surface area contributed by atoms with Crippen molar-refractivity contribution < 1.29 is 17.9 Å². The molecular formula is C10H7ClF3NO. The van der Waals surface area contributed by atoms with Gasteiger partial charge >= 0.3 is 6.18 Å². The fraction of sp³-hybridized carbons (Fsp3) is 0.300. The number of benzene rings is 1. The molecule has 6 heteroatoms. The Morgan fingerprint density at radius 1 is 1.38 bits per heavy atom. The molecule has 2 nitrogen and oxygen atoms in total. The van der Waals surface area contributed by atoms with Gasteiger partial charge in [-0.3, -0.25) is 0 Å². The summed E-state index contributed by atoms with van der Waals surface area (Å²) in [7, 11) is 0. The van der Waals surface area contributed by atoms with Gasteiger partial charge in [-0.2, -0.15) is 18.4 Å². The van der Waals surface area contributed by atoms with E-state index in [1.165, 1.54) is 0 Å². The summed E-state index contributed by atoms with van der Waals surface area (Å²) in [5.41, 5.74) is -0.829. The summed E-state index contributed by atoms with van der Waals surface area (Å²) in [6.07, 6.45) is -4.27. The maximum absolute atomic E-state index is 12.3. The van der Waals surface area contributed by atoms with Gasteiger partial charge in [-0.15, -0.1) is 0 Å². The molecule has 0 heterocycles. The number of alkyl halides is 3. The smallest absolute Gasteiger partial charge is 0.416 e. The van der Waals surface area contributed by atoms with Crippen LogP contribution in [0, 0.1) is 11.3 Å². The van der Waals surface area contributed by atoms with Crippen LogP contribution in [0.2, 0.25) is 5.02 Å². The third kappa shape index (κ3) is 3.31. The minimum atomic E-state index is -4.42. The van der Waals surface area contributed by atoms with Crippen molar-refractivity contribution in [3.8, 4) is 11.8 Å². The highest BCUT2D eigenvalue weighted by Crippen LogP contribution is 2.34. The first-order chi connectivity index (χ1) is 7.45. The number of nitriles is 1. The third-order valence-electron chi connectivity index (χ3n) is 1.73. The maximum atomic E-state index is 12.3. The van der Waals surface area contributed by atoms with Crippen molar-refractivity contribution in [3.05, 3.63) is 28.8 Å². The fourth-order valence-electron chi connectivity index (χ4n) is 1.00. The minimum absolute atomic E-state index is 0.0988. The van der Waals surface area contributed by atoms with E-state index in [1.54, 1.807) is 0 Å². The zero-order valence-corrected chi connectivity index (χ0v) is 8.77. The summed E-state index contributed by atoms with van der Waals surface area (Å²) in [5.74, 6) is 0.143. The first-order valence-corrected chi connectivity index (χ1v) is 4.69. The summed E-state index contributed by atoms with van der Waals surface area (Å²) in [4.78, 5) is 0. The molecule has 1 aromatic rings. The van der Waals surface area contributed by atoms with E-state index < -0.39 is 11.7 Å². The van der Waals surface area contributed by atoms with E-state index in [2.05, 4.69) is 0 Å². The molecule has 0 saturated carbocycles. The normalized spacial score (nSPS) is 10.9. The number of ether oxygens (including phenoxy) is 1. The van der Waals surface area contributed by atoms with Crippen LogP contribution in [0.3, 0.4) is 0 Å². The summed E-state index contributed by atoms with van der Waals surface area (Å²) >= 11 is 5.61. The second-order valence-corrected chi connectivity index (χ2v) is 3.31. The van der Waals surface area contributed by atoms with E-state index in [-0.39, 0.29) is 23.8 Å². The lowest BCUT2D eigenvalue weighted by Gasteiger charge is -2.10. The Kier molecular flexibility index (Phi) is 4.02. The predicted molar refractivity (Wildman–Crippen MR) is 52.2 cm³/mol. The first kappa shape index (κ1) is 12.7. The second-order valence-electron chi connectivity index (χ2n) is 2.90. The number of nitrogens with zero attached hydrogens (tertiary/aromatic N) is 1. The molecule has 0 N–H and O–H groups in total. The van der Waals surface area contributed by atoms with Gasteiger partial charge in [0.25, 0.3) is 0 Å². The van der Waals surface area contributed by atoms with Gasteiger partial charge in [0, 0.05) is 0 Å². The third-order valence-corrected chi connectivity index (χ3v) is 2.03. The lowest BCUT2D eigenvalue weighted by Crippen LogP contribution is -2.05. The largest absolute Gasteiger partial charge is 0.491 e. The molecule has 0 unspecified atom stereocenters. The van der Waals surface area contributed by atoms with E-state index in [4.69, 9.17) is 21.6 Å². The van der Waals surface area contributed by atoms with Crippen LogP contribution in [0.15, 0.2) is 18.2 Å². The molecule has 0 amide bonds. The molecule has 1 aromatic carbocycles. The van der Waals surface area contributed by atoms with Gasteiger partial charge in [-0.25, -0.2) is 0 Å². The van der Waals surface area contributed by atoms with E-state index in [1.807, 2.05) is 6.07 Å². The number of hydrogen-bond donors (Lipinski definition) is 0. The van der Waals surface area contributed by atoms with Gasteiger partial charge < -0.3 is 4.74 Å². The summed E-state index contributed by atoms with van der Waals surface area (Å²) in [6.45, 7) is 0.0988. The van der Waals surface area contributed by atoms with E-state index in [0.717, 1.165) is 18.2 Å². The molecule has 0 aliphatic rings. The van der Waals surface area contributed by atoms with E-state index in [9.17, 15) is 13.2 Å². The van der Waals surface area contributed by atoms with E-state index >= 15 is 0 Å². The Hall–Kier alpha value is -1.41. The zero-order valence-electron chi connectivity index (χ0n) is 8.01. The number of hydrogen-bond acceptors (Lipinski definition) is 2. The Morgan fingerprint density at radius 3 is 2.56 bits per heavy atom. The topological polar surface area (TPSA) is 33.0 Å². The van der Waals surface area contributed by atoms with Crippen molar-refractivity contribution in [1.82, 2.24) is 0 Å². The van der Waals surface area contributed by atoms with Gasteiger partial charge in [0.1, 0.15) is 12.4 Å². The van der Waals surface area contributed by atoms with Crippen molar-refractivity contribution >= 4 is 11.6 Å². The first-order valence-electron chi connectivity index (χ1n) is 4.31. The molecule has 0 aliphatic carbocycles. The van der Waals surface area contributed by atoms with Crippen molar-refractivity contribution in [2.24, 2.45) is 0 Å². The predicted octanol–water partition coefficient (Wildman–Crippen LogP) is 3.65. The Balaban J connectivity index is 2.80. The minimum Gasteiger partial charge on any atom is -0.491 e. The van der Waals surface area contributed by atoms with Crippen LogP contribution in [-0.2, 0) is 6.18 Å². The molecule has 0 aromatic heterocycles. The molecule has 86 valence electrons. The van der Waals surface area contributed by atoms with Crippen LogP contribution in [0.1, 0.15) is 12.0 Å². The molecule has 0 aliphatic heterocycles. The van der Waals surface area contributed by atoms with Gasteiger partial charge in [0.15, 0.2) is 0 Å². The average Bonchev–Trinajstić information content (AvgIpc) is 2.19. The van der Waals surface area contributed by atoms with Crippen LogP contribution >= 0.6 is 11.6 Å². The fourth-order valence-corrected chi connectivity index (χ4v) is 1.24. The molecule has 0 spiro atoms. The van der Waals surface area contributed by atoms with Crippen LogP contribution in [0.25, 0.3) is 0 Å². The highest BCUT2D eigenvalue weighted by Gasteiger charge is 2.30. The molecule has 0 atom stereocenters. The molecule has 0 bridgehead atoms. The molecule has 0 fully saturated rings. The van der Waals surface area contributed by atoms with E-state index in [0.29, 0.717) is 0 Å². The second kappa shape index (κ2) is 5.08. The summed E-state index contributed by atoms with van der Waals surface area (Å²) in [5, 5.41) is 8.13. The highest BCUT2D eigenvalue weighted by molar-refractivity contribution is 6.32. The van der Waals surface area contributed by atoms with Crippen LogP contribution in [-0.4, -0.2) is 6.61 Å². The van der Waals surface area contributed by atoms with Crippen LogP contribution in [0.4, 0.5) is 13.2 Å². The van der Waals surface area contributed by atoms with Crippen molar-refractivity contribution in [2.75, 3.05) is 6.61 Å². The highest BCUT2D eigenvalue weighted by atomic mass is 35.5. The Labute approximate surface area is 95.2 Å². The summed E-state index contributed by atoms with van der Waals surface area (Å²) < 4.78 is 41.8. The lowest BCUT2D eigenvalue weighted by molar-refractivity contribution is -0.137. The van der Waals surface area contributed by atoms with Crippen molar-refractivity contribution in [3.63, 3.8) is 0 Å². The maximum Gasteiger partial charge on any atom is 0.416 e. The quantitative estimate of drug-likeness (QED) is 0.766. The summed E-state index contributed by atoms with van der Waals surface area (Å²) in [6, 6.07) is 4.66. The Morgan fingerprint density at radius 2 is 2.06 bits per heavy atom. The number of halogens is 4. The average molecular weight is 250 g/mol. The van der Waals surface area contributed by atoms with Crippen molar-refractivity contribution in [1.29, 1.82) is 5.26 Å².